The van der Waals surface area contributed by atoms with Crippen molar-refractivity contribution in [3.63, 3.8) is 0 Å². The van der Waals surface area contributed by atoms with Crippen molar-refractivity contribution in [1.29, 1.82) is 0 Å². The molecule has 0 fully saturated rings. The standard InChI is InChI=1S/C47H28N4S/c1-3-12-29(13-4-1)45-48-46(30-14-5-2-6-15-30)50-47(49-45)37-20-11-21-42-44(37)36-23-22-35(28-43(36)52-42)51-40-26-33-18-9-7-16-31(33)24-38(40)39-25-32-17-8-10-19-34(32)27-41(39)51/h1-28H. The molecular formula is C47H28N4S. The smallest absolute Gasteiger partial charge is 0.164 e. The van der Waals surface area contributed by atoms with Crippen LogP contribution >= 0.6 is 11.3 Å². The zero-order valence-corrected chi connectivity index (χ0v) is 28.7. The van der Waals surface area contributed by atoms with Gasteiger partial charge in [-0.3, -0.25) is 0 Å². The van der Waals surface area contributed by atoms with Crippen LogP contribution in [0.4, 0.5) is 0 Å². The molecule has 0 N–H and O–H groups in total. The second-order valence-electron chi connectivity index (χ2n) is 13.3. The fourth-order valence-corrected chi connectivity index (χ4v) is 8.90. The van der Waals surface area contributed by atoms with Gasteiger partial charge in [0, 0.05) is 53.3 Å². The van der Waals surface area contributed by atoms with E-state index in [4.69, 9.17) is 15.0 Å². The molecule has 11 rings (SSSR count). The first kappa shape index (κ1) is 29.1. The minimum atomic E-state index is 0.662. The first-order valence-corrected chi connectivity index (χ1v) is 18.3. The Morgan fingerprint density at radius 1 is 0.385 bits per heavy atom. The van der Waals surface area contributed by atoms with Gasteiger partial charge in [0.15, 0.2) is 17.5 Å². The van der Waals surface area contributed by atoms with Crippen LogP contribution in [0.3, 0.4) is 0 Å². The molecule has 0 saturated carbocycles. The monoisotopic (exact) mass is 680 g/mol. The summed E-state index contributed by atoms with van der Waals surface area (Å²) in [5.74, 6) is 1.99. The number of benzene rings is 8. The third-order valence-corrected chi connectivity index (χ3v) is 11.3. The predicted molar refractivity (Wildman–Crippen MR) is 218 cm³/mol. The van der Waals surface area contributed by atoms with Crippen molar-refractivity contribution in [2.45, 2.75) is 0 Å². The predicted octanol–water partition coefficient (Wildman–Crippen LogP) is 12.6. The van der Waals surface area contributed by atoms with Crippen molar-refractivity contribution in [3.8, 4) is 39.9 Å². The fraction of sp³-hybridized carbons (Fsp3) is 0. The summed E-state index contributed by atoms with van der Waals surface area (Å²) in [6.07, 6.45) is 0. The van der Waals surface area contributed by atoms with Crippen LogP contribution < -0.4 is 0 Å². The molecule has 3 aromatic heterocycles. The minimum absolute atomic E-state index is 0.662. The summed E-state index contributed by atoms with van der Waals surface area (Å²) in [4.78, 5) is 15.1. The van der Waals surface area contributed by atoms with Crippen LogP contribution in [0.1, 0.15) is 0 Å². The molecule has 8 aromatic carbocycles. The molecule has 242 valence electrons. The Morgan fingerprint density at radius 3 is 1.48 bits per heavy atom. The van der Waals surface area contributed by atoms with Gasteiger partial charge >= 0.3 is 0 Å². The van der Waals surface area contributed by atoms with Crippen LogP contribution in [0.5, 0.6) is 0 Å². The molecule has 5 heteroatoms. The molecule has 11 aromatic rings. The molecule has 0 unspecified atom stereocenters. The van der Waals surface area contributed by atoms with E-state index in [9.17, 15) is 0 Å². The molecule has 0 spiro atoms. The van der Waals surface area contributed by atoms with Crippen molar-refractivity contribution >= 4 is 74.9 Å². The highest BCUT2D eigenvalue weighted by Gasteiger charge is 2.19. The Bertz CT molecular complexity index is 3030. The topological polar surface area (TPSA) is 43.6 Å². The second-order valence-corrected chi connectivity index (χ2v) is 14.4. The van der Waals surface area contributed by atoms with Crippen molar-refractivity contribution < 1.29 is 0 Å². The Kier molecular flexibility index (Phi) is 6.39. The molecule has 0 aliphatic heterocycles. The molecular weight excluding hydrogens is 653 g/mol. The zero-order chi connectivity index (χ0) is 34.2. The van der Waals surface area contributed by atoms with Crippen LogP contribution in [0.25, 0.3) is 103 Å². The Morgan fingerprint density at radius 2 is 0.904 bits per heavy atom. The molecule has 0 saturated heterocycles. The molecule has 0 aliphatic carbocycles. The minimum Gasteiger partial charge on any atom is -0.309 e. The Hall–Kier alpha value is -6.69. The lowest BCUT2D eigenvalue weighted by Crippen LogP contribution is -2.00. The van der Waals surface area contributed by atoms with Gasteiger partial charge in [-0.05, 0) is 64.0 Å². The summed E-state index contributed by atoms with van der Waals surface area (Å²) in [5.41, 5.74) is 6.48. The molecule has 4 nitrogen and oxygen atoms in total. The van der Waals surface area contributed by atoms with Crippen molar-refractivity contribution in [2.24, 2.45) is 0 Å². The summed E-state index contributed by atoms with van der Waals surface area (Å²) in [7, 11) is 0. The number of thiophene rings is 1. The summed E-state index contributed by atoms with van der Waals surface area (Å²) >= 11 is 1.81. The van der Waals surface area contributed by atoms with E-state index < -0.39 is 0 Å². The second kappa shape index (κ2) is 11.4. The highest BCUT2D eigenvalue weighted by molar-refractivity contribution is 7.26. The van der Waals surface area contributed by atoms with E-state index in [0.717, 1.165) is 27.8 Å². The number of aromatic nitrogens is 4. The summed E-state index contributed by atoms with van der Waals surface area (Å²) in [5, 5.41) is 9.85. The maximum atomic E-state index is 5.09. The molecule has 0 amide bonds. The molecule has 0 aliphatic rings. The average Bonchev–Trinajstić information content (AvgIpc) is 3.73. The average molecular weight is 681 g/mol. The number of nitrogens with zero attached hydrogens (tertiary/aromatic N) is 4. The van der Waals surface area contributed by atoms with E-state index >= 15 is 0 Å². The first-order valence-electron chi connectivity index (χ1n) is 17.4. The van der Waals surface area contributed by atoms with Crippen LogP contribution in [-0.2, 0) is 0 Å². The zero-order valence-electron chi connectivity index (χ0n) is 27.9. The molecule has 0 radical (unpaired) electrons. The highest BCUT2D eigenvalue weighted by atomic mass is 32.1. The third-order valence-electron chi connectivity index (χ3n) is 10.2. The molecule has 52 heavy (non-hydrogen) atoms. The van der Waals surface area contributed by atoms with Crippen LogP contribution in [0.15, 0.2) is 170 Å². The van der Waals surface area contributed by atoms with E-state index in [-0.39, 0.29) is 0 Å². The van der Waals surface area contributed by atoms with Crippen LogP contribution in [-0.4, -0.2) is 19.5 Å². The van der Waals surface area contributed by atoms with Crippen molar-refractivity contribution in [3.05, 3.63) is 170 Å². The van der Waals surface area contributed by atoms with Gasteiger partial charge in [0.05, 0.1) is 11.0 Å². The van der Waals surface area contributed by atoms with E-state index in [0.29, 0.717) is 17.5 Å². The van der Waals surface area contributed by atoms with Gasteiger partial charge in [0.1, 0.15) is 0 Å². The number of fused-ring (bicyclic) bond motifs is 8. The van der Waals surface area contributed by atoms with Crippen molar-refractivity contribution in [1.82, 2.24) is 19.5 Å². The largest absolute Gasteiger partial charge is 0.309 e. The van der Waals surface area contributed by atoms with Crippen LogP contribution in [0.2, 0.25) is 0 Å². The summed E-state index contributed by atoms with van der Waals surface area (Å²) in [6.45, 7) is 0. The quantitative estimate of drug-likeness (QED) is 0.186. The van der Waals surface area contributed by atoms with Gasteiger partial charge in [0.2, 0.25) is 0 Å². The lowest BCUT2D eigenvalue weighted by Gasteiger charge is -2.10. The van der Waals surface area contributed by atoms with Gasteiger partial charge in [0.25, 0.3) is 0 Å². The third kappa shape index (κ3) is 4.57. The lowest BCUT2D eigenvalue weighted by atomic mass is 10.0. The first-order chi connectivity index (χ1) is 25.7. The van der Waals surface area contributed by atoms with Gasteiger partial charge < -0.3 is 4.57 Å². The van der Waals surface area contributed by atoms with Crippen LogP contribution in [0, 0.1) is 0 Å². The lowest BCUT2D eigenvalue weighted by molar-refractivity contribution is 1.08. The Balaban J connectivity index is 1.14. The molecule has 0 atom stereocenters. The van der Waals surface area contributed by atoms with E-state index in [1.54, 1.807) is 0 Å². The summed E-state index contributed by atoms with van der Waals surface area (Å²) < 4.78 is 4.86. The highest BCUT2D eigenvalue weighted by Crippen LogP contribution is 2.42. The number of hydrogen-bond acceptors (Lipinski definition) is 4. The van der Waals surface area contributed by atoms with E-state index in [1.165, 1.54) is 58.1 Å². The van der Waals surface area contributed by atoms with Crippen molar-refractivity contribution in [2.75, 3.05) is 0 Å². The molecule has 3 heterocycles. The van der Waals surface area contributed by atoms with Gasteiger partial charge in [-0.15, -0.1) is 11.3 Å². The normalized spacial score (nSPS) is 11.8. The maximum absolute atomic E-state index is 5.09. The van der Waals surface area contributed by atoms with E-state index in [2.05, 4.69) is 138 Å². The van der Waals surface area contributed by atoms with Gasteiger partial charge in [-0.1, -0.05) is 127 Å². The number of hydrogen-bond donors (Lipinski definition) is 0. The SMILES string of the molecule is c1ccc(-c2nc(-c3ccccc3)nc(-c3cccc4sc5cc(-n6c7cc8ccccc8cc7c7cc8ccccc8cc76)ccc5c34)n2)cc1. The molecule has 0 bridgehead atoms. The van der Waals surface area contributed by atoms with Gasteiger partial charge in [-0.25, -0.2) is 15.0 Å². The Labute approximate surface area is 302 Å². The van der Waals surface area contributed by atoms with E-state index in [1.807, 2.05) is 47.7 Å². The fourth-order valence-electron chi connectivity index (χ4n) is 7.73. The van der Waals surface area contributed by atoms with Gasteiger partial charge in [-0.2, -0.15) is 0 Å². The summed E-state index contributed by atoms with van der Waals surface area (Å²) in [6, 6.07) is 60.4. The number of rotatable bonds is 4. The maximum Gasteiger partial charge on any atom is 0.164 e.